The molecular formula is C28H18Cl4O7. The van der Waals surface area contributed by atoms with Gasteiger partial charge in [-0.2, -0.15) is 0 Å². The number of hydrogen-bond donors (Lipinski definition) is 0. The predicted octanol–water partition coefficient (Wildman–Crippen LogP) is 8.60. The third-order valence-corrected chi connectivity index (χ3v) is 6.32. The van der Waals surface area contributed by atoms with E-state index in [1.54, 1.807) is 48.5 Å². The molecule has 0 N–H and O–H groups in total. The number of hydrogen-bond acceptors (Lipinski definition) is 7. The van der Waals surface area contributed by atoms with Crippen LogP contribution in [0.4, 0.5) is 0 Å². The number of para-hydroxylation sites is 2. The van der Waals surface area contributed by atoms with Gasteiger partial charge in [-0.05, 0) is 47.5 Å². The Labute approximate surface area is 243 Å². The molecule has 0 saturated heterocycles. The van der Waals surface area contributed by atoms with Crippen molar-refractivity contribution in [2.24, 2.45) is 0 Å². The molecule has 0 aliphatic carbocycles. The second-order valence-corrected chi connectivity index (χ2v) is 9.55. The minimum atomic E-state index is -0.906. The van der Waals surface area contributed by atoms with Crippen LogP contribution in [0.15, 0.2) is 84.9 Å². The average molecular weight is 608 g/mol. The van der Waals surface area contributed by atoms with E-state index >= 15 is 0 Å². The lowest BCUT2D eigenvalue weighted by Crippen LogP contribution is -2.14. The fraction of sp³-hybridized carbons (Fsp3) is 0.0714. The van der Waals surface area contributed by atoms with Crippen molar-refractivity contribution in [1.29, 1.82) is 0 Å². The van der Waals surface area contributed by atoms with E-state index in [4.69, 9.17) is 55.9 Å². The molecule has 0 heterocycles. The number of carbonyl (C=O) groups excluding carboxylic acids is 2. The molecule has 0 spiro atoms. The second-order valence-electron chi connectivity index (χ2n) is 7.92. The van der Waals surface area contributed by atoms with Crippen molar-refractivity contribution < 1.29 is 33.9 Å². The summed E-state index contributed by atoms with van der Waals surface area (Å²) < 4.78 is 11.5. The van der Waals surface area contributed by atoms with Gasteiger partial charge in [0.1, 0.15) is 23.0 Å². The maximum atomic E-state index is 12.3. The first-order chi connectivity index (χ1) is 18.8. The first-order valence-corrected chi connectivity index (χ1v) is 12.8. The standard InChI is InChI=1S/C28H18Cl4O7/c29-19-11-17(27(31)23(15-19)35-21-7-3-1-4-8-21)13-25(33)37-39-38-26(34)14-18-12-20(30)16-24(28(18)32)36-22-9-5-2-6-10-22/h1-12,15-16H,13-14H2. The fourth-order valence-electron chi connectivity index (χ4n) is 3.34. The van der Waals surface area contributed by atoms with E-state index in [2.05, 4.69) is 14.8 Å². The second kappa shape index (κ2) is 13.6. The Morgan fingerprint density at radius 1 is 0.564 bits per heavy atom. The smallest absolute Gasteiger partial charge is 0.351 e. The normalized spacial score (nSPS) is 10.6. The zero-order valence-corrected chi connectivity index (χ0v) is 22.9. The molecule has 0 unspecified atom stereocenters. The number of benzene rings is 4. The van der Waals surface area contributed by atoms with E-state index in [-0.39, 0.29) is 44.4 Å². The third-order valence-electron chi connectivity index (χ3n) is 5.02. The van der Waals surface area contributed by atoms with Gasteiger partial charge in [-0.25, -0.2) is 9.59 Å². The Hall–Kier alpha value is -3.46. The lowest BCUT2D eigenvalue weighted by molar-refractivity contribution is -0.459. The van der Waals surface area contributed by atoms with E-state index in [9.17, 15) is 9.59 Å². The predicted molar refractivity (Wildman–Crippen MR) is 147 cm³/mol. The zero-order valence-electron chi connectivity index (χ0n) is 19.9. The van der Waals surface area contributed by atoms with E-state index in [1.807, 2.05) is 12.1 Å². The molecule has 0 aliphatic heterocycles. The molecule has 0 fully saturated rings. The van der Waals surface area contributed by atoms with Crippen molar-refractivity contribution in [2.75, 3.05) is 0 Å². The van der Waals surface area contributed by atoms with Crippen LogP contribution in [0.2, 0.25) is 20.1 Å². The minimum Gasteiger partial charge on any atom is -0.456 e. The minimum absolute atomic E-state index is 0.154. The van der Waals surface area contributed by atoms with Crippen LogP contribution in [-0.2, 0) is 37.2 Å². The highest BCUT2D eigenvalue weighted by atomic mass is 35.5. The molecule has 0 aliphatic rings. The van der Waals surface area contributed by atoms with Crippen LogP contribution in [0.5, 0.6) is 23.0 Å². The van der Waals surface area contributed by atoms with Gasteiger partial charge in [0.25, 0.3) is 0 Å². The van der Waals surface area contributed by atoms with Crippen molar-refractivity contribution in [1.82, 2.24) is 0 Å². The lowest BCUT2D eigenvalue weighted by Gasteiger charge is -2.12. The van der Waals surface area contributed by atoms with E-state index < -0.39 is 11.9 Å². The molecule has 0 saturated carbocycles. The molecule has 0 radical (unpaired) electrons. The Morgan fingerprint density at radius 3 is 1.33 bits per heavy atom. The van der Waals surface area contributed by atoms with Gasteiger partial charge in [-0.15, -0.1) is 0 Å². The topological polar surface area (TPSA) is 80.3 Å². The van der Waals surface area contributed by atoms with E-state index in [1.165, 1.54) is 24.3 Å². The van der Waals surface area contributed by atoms with Crippen molar-refractivity contribution in [3.05, 3.63) is 116 Å². The Kier molecular flexibility index (Phi) is 9.92. The van der Waals surface area contributed by atoms with Gasteiger partial charge < -0.3 is 9.47 Å². The summed E-state index contributed by atoms with van der Waals surface area (Å²) in [4.78, 5) is 33.6. The van der Waals surface area contributed by atoms with Crippen LogP contribution >= 0.6 is 46.4 Å². The molecule has 4 aromatic rings. The summed E-state index contributed by atoms with van der Waals surface area (Å²) in [6, 6.07) is 23.8. The molecule has 4 rings (SSSR count). The summed E-state index contributed by atoms with van der Waals surface area (Å²) in [6.07, 6.45) is -0.690. The molecule has 200 valence electrons. The van der Waals surface area contributed by atoms with Crippen LogP contribution in [0, 0.1) is 0 Å². The first-order valence-electron chi connectivity index (χ1n) is 11.3. The molecule has 7 nitrogen and oxygen atoms in total. The summed E-state index contributed by atoms with van der Waals surface area (Å²) >= 11 is 25.1. The first kappa shape index (κ1) is 28.5. The number of ether oxygens (including phenoxy) is 2. The molecule has 39 heavy (non-hydrogen) atoms. The van der Waals surface area contributed by atoms with Crippen LogP contribution in [0.25, 0.3) is 0 Å². The molecule has 0 bridgehead atoms. The van der Waals surface area contributed by atoms with Crippen molar-refractivity contribution in [3.63, 3.8) is 0 Å². The van der Waals surface area contributed by atoms with E-state index in [0.717, 1.165) is 0 Å². The highest BCUT2D eigenvalue weighted by Crippen LogP contribution is 2.37. The molecule has 0 amide bonds. The lowest BCUT2D eigenvalue weighted by atomic mass is 10.1. The monoisotopic (exact) mass is 606 g/mol. The Morgan fingerprint density at radius 2 is 0.949 bits per heavy atom. The van der Waals surface area contributed by atoms with Crippen molar-refractivity contribution in [2.45, 2.75) is 12.8 Å². The molecule has 0 atom stereocenters. The van der Waals surface area contributed by atoms with Gasteiger partial charge >= 0.3 is 11.9 Å². The largest absolute Gasteiger partial charge is 0.456 e. The van der Waals surface area contributed by atoms with Crippen LogP contribution in [0.1, 0.15) is 11.1 Å². The van der Waals surface area contributed by atoms with Gasteiger partial charge in [0, 0.05) is 27.2 Å². The van der Waals surface area contributed by atoms with Gasteiger partial charge in [0.2, 0.25) is 0 Å². The molecule has 11 heteroatoms. The van der Waals surface area contributed by atoms with Gasteiger partial charge in [0.05, 0.1) is 22.9 Å². The summed E-state index contributed by atoms with van der Waals surface area (Å²) in [5.74, 6) is -0.249. The van der Waals surface area contributed by atoms with Crippen LogP contribution < -0.4 is 9.47 Å². The quantitative estimate of drug-likeness (QED) is 0.132. The van der Waals surface area contributed by atoms with Crippen LogP contribution in [0.3, 0.4) is 0 Å². The van der Waals surface area contributed by atoms with Gasteiger partial charge in [-0.1, -0.05) is 82.8 Å². The summed E-state index contributed by atoms with van der Waals surface area (Å²) in [5, 5.41) is 5.26. The van der Waals surface area contributed by atoms with E-state index in [0.29, 0.717) is 22.6 Å². The fourth-order valence-corrected chi connectivity index (χ4v) is 4.23. The number of rotatable bonds is 10. The Bertz CT molecular complexity index is 1350. The third kappa shape index (κ3) is 8.26. The molecule has 4 aromatic carbocycles. The number of carbonyl (C=O) groups is 2. The van der Waals surface area contributed by atoms with Crippen molar-refractivity contribution >= 4 is 58.3 Å². The average Bonchev–Trinajstić information content (AvgIpc) is 2.90. The van der Waals surface area contributed by atoms with Gasteiger partial charge in [0.15, 0.2) is 0 Å². The molecular weight excluding hydrogens is 590 g/mol. The summed E-state index contributed by atoms with van der Waals surface area (Å²) in [5.41, 5.74) is 0.623. The summed E-state index contributed by atoms with van der Waals surface area (Å²) in [7, 11) is 0. The number of halogens is 4. The SMILES string of the molecule is O=C(Cc1cc(Cl)cc(Oc2ccccc2)c1Cl)OOOC(=O)Cc1cc(Cl)cc(Oc2ccccc2)c1Cl. The van der Waals surface area contributed by atoms with Crippen molar-refractivity contribution in [3.8, 4) is 23.0 Å². The molecule has 0 aromatic heterocycles. The van der Waals surface area contributed by atoms with Gasteiger partial charge in [-0.3, -0.25) is 9.78 Å². The van der Waals surface area contributed by atoms with Crippen LogP contribution in [-0.4, -0.2) is 11.9 Å². The summed E-state index contributed by atoms with van der Waals surface area (Å²) in [6.45, 7) is 0. The highest BCUT2D eigenvalue weighted by Gasteiger charge is 2.18. The Balaban J connectivity index is 1.31. The maximum Gasteiger partial charge on any atom is 0.351 e. The zero-order chi connectivity index (χ0) is 27.8. The maximum absolute atomic E-state index is 12.3. The highest BCUT2D eigenvalue weighted by molar-refractivity contribution is 6.35.